The van der Waals surface area contributed by atoms with Gasteiger partial charge < -0.3 is 15.0 Å². The number of esters is 1. The van der Waals surface area contributed by atoms with Gasteiger partial charge in [-0.05, 0) is 38.5 Å². The summed E-state index contributed by atoms with van der Waals surface area (Å²) < 4.78 is 5.09. The first-order valence-corrected chi connectivity index (χ1v) is 9.97. The molecule has 1 atom stereocenters. The highest BCUT2D eigenvalue weighted by atomic mass is 32.2. The molecule has 8 heteroatoms. The molecule has 2 amide bonds. The second-order valence-corrected chi connectivity index (χ2v) is 7.15. The van der Waals surface area contributed by atoms with Crippen molar-refractivity contribution in [3.63, 3.8) is 0 Å². The molecule has 0 fully saturated rings. The van der Waals surface area contributed by atoms with Crippen molar-refractivity contribution in [1.29, 1.82) is 0 Å². The van der Waals surface area contributed by atoms with Crippen molar-refractivity contribution in [3.05, 3.63) is 29.8 Å². The molecule has 0 saturated heterocycles. The third kappa shape index (κ3) is 5.82. The van der Waals surface area contributed by atoms with Gasteiger partial charge in [-0.1, -0.05) is 24.8 Å². The van der Waals surface area contributed by atoms with Gasteiger partial charge in [0.05, 0.1) is 12.2 Å². The first-order chi connectivity index (χ1) is 13.0. The molecule has 0 spiro atoms. The number of aliphatic imine (C=N–C) groups is 1. The number of hydrogen-bond acceptors (Lipinski definition) is 6. The van der Waals surface area contributed by atoms with Crippen LogP contribution in [0.3, 0.4) is 0 Å². The van der Waals surface area contributed by atoms with Gasteiger partial charge in [0.25, 0.3) is 5.91 Å². The number of nitrogens with zero attached hydrogens (tertiary/aromatic N) is 2. The molecular weight excluding hydrogens is 366 g/mol. The molecular formula is C19H25N3O4S. The first kappa shape index (κ1) is 21.0. The molecule has 0 aliphatic carbocycles. The minimum Gasteiger partial charge on any atom is -0.462 e. The Kier molecular flexibility index (Phi) is 7.84. The molecule has 1 unspecified atom stereocenters. The highest BCUT2D eigenvalue weighted by Gasteiger charge is 2.32. The summed E-state index contributed by atoms with van der Waals surface area (Å²) in [6.07, 6.45) is 0.773. The molecule has 1 aliphatic heterocycles. The molecule has 0 bridgehead atoms. The molecule has 1 N–H and O–H groups in total. The maximum Gasteiger partial charge on any atom is 0.338 e. The number of rotatable bonds is 8. The number of thioether (sulfide) groups is 1. The number of anilines is 1. The summed E-state index contributed by atoms with van der Waals surface area (Å²) in [6.45, 7) is 7.78. The Morgan fingerprint density at radius 2 is 2.00 bits per heavy atom. The number of benzene rings is 1. The average molecular weight is 391 g/mol. The van der Waals surface area contributed by atoms with Crippen LogP contribution in [-0.4, -0.2) is 52.8 Å². The number of hydrogen-bond donors (Lipinski definition) is 1. The second-order valence-electron chi connectivity index (χ2n) is 5.98. The van der Waals surface area contributed by atoms with E-state index in [9.17, 15) is 14.4 Å². The monoisotopic (exact) mass is 391 g/mol. The molecule has 27 heavy (non-hydrogen) atoms. The highest BCUT2D eigenvalue weighted by Crippen LogP contribution is 2.27. The standard InChI is InChI=1S/C19H25N3O4S/c1-4-10-26-18(25)13-8-7-9-14(11-13)20-16(23)12-15-17(24)21-19(27-15)22(5-2)6-3/h7-9,11,15H,4-6,10,12H2,1-3H3,(H,20,23). The lowest BCUT2D eigenvalue weighted by atomic mass is 10.2. The summed E-state index contributed by atoms with van der Waals surface area (Å²) in [6, 6.07) is 6.57. The van der Waals surface area contributed by atoms with Crippen LogP contribution in [0.1, 0.15) is 44.0 Å². The zero-order valence-electron chi connectivity index (χ0n) is 15.9. The van der Waals surface area contributed by atoms with E-state index < -0.39 is 11.2 Å². The Morgan fingerprint density at radius 1 is 1.26 bits per heavy atom. The molecule has 146 valence electrons. The molecule has 2 rings (SSSR count). The summed E-state index contributed by atoms with van der Waals surface area (Å²) in [4.78, 5) is 42.4. The number of carbonyl (C=O) groups is 3. The predicted molar refractivity (Wildman–Crippen MR) is 107 cm³/mol. The highest BCUT2D eigenvalue weighted by molar-refractivity contribution is 8.15. The Bertz CT molecular complexity index is 731. The van der Waals surface area contributed by atoms with Crippen LogP contribution in [-0.2, 0) is 14.3 Å². The van der Waals surface area contributed by atoms with Crippen molar-refractivity contribution in [1.82, 2.24) is 4.90 Å². The fourth-order valence-electron chi connectivity index (χ4n) is 2.52. The number of ether oxygens (including phenoxy) is 1. The maximum absolute atomic E-state index is 12.3. The van der Waals surface area contributed by atoms with E-state index in [1.165, 1.54) is 11.8 Å². The molecule has 7 nitrogen and oxygen atoms in total. The third-order valence-corrected chi connectivity index (χ3v) is 5.17. The van der Waals surface area contributed by atoms with Crippen molar-refractivity contribution in [3.8, 4) is 0 Å². The van der Waals surface area contributed by atoms with Gasteiger partial charge in [-0.3, -0.25) is 9.59 Å². The lowest BCUT2D eigenvalue weighted by Gasteiger charge is -2.19. The van der Waals surface area contributed by atoms with E-state index in [0.29, 0.717) is 23.0 Å². The smallest absolute Gasteiger partial charge is 0.338 e. The second kappa shape index (κ2) is 10.1. The zero-order valence-corrected chi connectivity index (χ0v) is 16.7. The summed E-state index contributed by atoms with van der Waals surface area (Å²) >= 11 is 1.32. The quantitative estimate of drug-likeness (QED) is 0.686. The van der Waals surface area contributed by atoms with Crippen LogP contribution >= 0.6 is 11.8 Å². The Balaban J connectivity index is 1.93. The van der Waals surface area contributed by atoms with E-state index in [0.717, 1.165) is 19.5 Å². The van der Waals surface area contributed by atoms with Crippen LogP contribution in [0.15, 0.2) is 29.3 Å². The van der Waals surface area contributed by atoms with Crippen molar-refractivity contribution in [2.45, 2.75) is 38.9 Å². The number of nitrogens with one attached hydrogen (secondary N) is 1. The van der Waals surface area contributed by atoms with Gasteiger partial charge in [0.2, 0.25) is 5.91 Å². The van der Waals surface area contributed by atoms with Crippen LogP contribution in [0.2, 0.25) is 0 Å². The Morgan fingerprint density at radius 3 is 2.67 bits per heavy atom. The largest absolute Gasteiger partial charge is 0.462 e. The van der Waals surface area contributed by atoms with E-state index in [1.54, 1.807) is 24.3 Å². The SMILES string of the molecule is CCCOC(=O)c1cccc(NC(=O)CC2SC(N(CC)CC)=NC2=O)c1. The predicted octanol–water partition coefficient (Wildman–Crippen LogP) is 2.92. The van der Waals surface area contributed by atoms with Gasteiger partial charge in [-0.15, -0.1) is 0 Å². The minimum absolute atomic E-state index is 0.0300. The van der Waals surface area contributed by atoms with Gasteiger partial charge in [0.15, 0.2) is 5.17 Å². The van der Waals surface area contributed by atoms with Crippen LogP contribution in [0.5, 0.6) is 0 Å². The van der Waals surface area contributed by atoms with Crippen molar-refractivity contribution < 1.29 is 19.1 Å². The molecule has 1 aromatic carbocycles. The number of amidine groups is 1. The molecule has 0 saturated carbocycles. The summed E-state index contributed by atoms with van der Waals surface area (Å²) in [5.41, 5.74) is 0.867. The van der Waals surface area contributed by atoms with Gasteiger partial charge >= 0.3 is 5.97 Å². The van der Waals surface area contributed by atoms with Crippen molar-refractivity contribution in [2.24, 2.45) is 4.99 Å². The summed E-state index contributed by atoms with van der Waals surface area (Å²) in [5.74, 6) is -1.00. The number of amides is 2. The summed E-state index contributed by atoms with van der Waals surface area (Å²) in [7, 11) is 0. The van der Waals surface area contributed by atoms with E-state index in [2.05, 4.69) is 10.3 Å². The number of carbonyl (C=O) groups excluding carboxylic acids is 3. The topological polar surface area (TPSA) is 88.1 Å². The van der Waals surface area contributed by atoms with Crippen molar-refractivity contribution >= 4 is 40.4 Å². The normalized spacial score (nSPS) is 16.0. The van der Waals surface area contributed by atoms with Crippen LogP contribution in [0.25, 0.3) is 0 Å². The molecule has 0 radical (unpaired) electrons. The van der Waals surface area contributed by atoms with E-state index in [1.807, 2.05) is 25.7 Å². The minimum atomic E-state index is -0.515. The Hall–Kier alpha value is -2.35. The third-order valence-electron chi connectivity index (χ3n) is 3.95. The fraction of sp³-hybridized carbons (Fsp3) is 0.474. The van der Waals surface area contributed by atoms with Gasteiger partial charge in [0, 0.05) is 25.2 Å². The van der Waals surface area contributed by atoms with E-state index in [4.69, 9.17) is 4.74 Å². The zero-order chi connectivity index (χ0) is 19.8. The lowest BCUT2D eigenvalue weighted by Crippen LogP contribution is -2.27. The van der Waals surface area contributed by atoms with Crippen LogP contribution < -0.4 is 5.32 Å². The lowest BCUT2D eigenvalue weighted by molar-refractivity contribution is -0.121. The van der Waals surface area contributed by atoms with Crippen LogP contribution in [0, 0.1) is 0 Å². The van der Waals surface area contributed by atoms with E-state index >= 15 is 0 Å². The molecule has 0 aromatic heterocycles. The van der Waals surface area contributed by atoms with Gasteiger partial charge in [-0.25, -0.2) is 4.79 Å². The van der Waals surface area contributed by atoms with Crippen LogP contribution in [0.4, 0.5) is 5.69 Å². The van der Waals surface area contributed by atoms with E-state index in [-0.39, 0.29) is 18.2 Å². The van der Waals surface area contributed by atoms with Gasteiger partial charge in [0.1, 0.15) is 5.25 Å². The Labute approximate surface area is 163 Å². The molecule has 1 heterocycles. The van der Waals surface area contributed by atoms with Gasteiger partial charge in [-0.2, -0.15) is 4.99 Å². The van der Waals surface area contributed by atoms with Crippen molar-refractivity contribution in [2.75, 3.05) is 25.0 Å². The summed E-state index contributed by atoms with van der Waals surface area (Å²) in [5, 5.41) is 2.89. The fourth-order valence-corrected chi connectivity index (χ4v) is 3.71. The molecule has 1 aromatic rings. The average Bonchev–Trinajstić information content (AvgIpc) is 3.01. The molecule has 1 aliphatic rings. The maximum atomic E-state index is 12.3. The first-order valence-electron chi connectivity index (χ1n) is 9.09.